The summed E-state index contributed by atoms with van der Waals surface area (Å²) in [6.45, 7) is 1.51. The Morgan fingerprint density at radius 1 is 1.56 bits per heavy atom. The van der Waals surface area contributed by atoms with Crippen LogP contribution in [0.15, 0.2) is 22.8 Å². The van der Waals surface area contributed by atoms with Gasteiger partial charge in [-0.05, 0) is 19.1 Å². The maximum absolute atomic E-state index is 11.7. The van der Waals surface area contributed by atoms with E-state index in [1.54, 1.807) is 12.1 Å². The van der Waals surface area contributed by atoms with Crippen molar-refractivity contribution in [3.8, 4) is 0 Å². The summed E-state index contributed by atoms with van der Waals surface area (Å²) < 4.78 is 5.07. The molecule has 1 aromatic rings. The Morgan fingerprint density at radius 3 is 2.67 bits per heavy atom. The molecule has 18 heavy (non-hydrogen) atoms. The van der Waals surface area contributed by atoms with Gasteiger partial charge in [-0.3, -0.25) is 0 Å². The Morgan fingerprint density at radius 2 is 2.22 bits per heavy atom. The number of carboxylic acid groups (broad SMARTS) is 1. The van der Waals surface area contributed by atoms with Gasteiger partial charge in [0.1, 0.15) is 5.76 Å². The lowest BCUT2D eigenvalue weighted by Crippen LogP contribution is -2.51. The second-order valence-electron chi connectivity index (χ2n) is 3.94. The van der Waals surface area contributed by atoms with Gasteiger partial charge >= 0.3 is 12.0 Å². The van der Waals surface area contributed by atoms with Crippen LogP contribution in [0, 0.1) is 0 Å². The number of carboxylic acids is 1. The minimum absolute atomic E-state index is 0.213. The van der Waals surface area contributed by atoms with Crippen LogP contribution < -0.4 is 5.32 Å². The average Bonchev–Trinajstić information content (AvgIpc) is 2.77. The number of rotatable bonds is 5. The van der Waals surface area contributed by atoms with E-state index < -0.39 is 24.1 Å². The molecule has 7 nitrogen and oxygen atoms in total. The standard InChI is InChI=1S/C11H16N2O5/c1-7(14)9(10(15)16)12-11(17)13(2)6-8-4-3-5-18-8/h3-5,7,9,14H,6H2,1-2H3,(H,12,17)(H,15,16)/t7-,9+/m1/s1. The van der Waals surface area contributed by atoms with Gasteiger partial charge in [0.15, 0.2) is 6.04 Å². The summed E-state index contributed by atoms with van der Waals surface area (Å²) in [6.07, 6.45) is 0.306. The smallest absolute Gasteiger partial charge is 0.328 e. The molecule has 2 amide bonds. The van der Waals surface area contributed by atoms with Crippen LogP contribution in [0.2, 0.25) is 0 Å². The summed E-state index contributed by atoms with van der Waals surface area (Å²) >= 11 is 0. The predicted molar refractivity (Wildman–Crippen MR) is 61.8 cm³/mol. The Kier molecular flexibility index (Phi) is 4.73. The quantitative estimate of drug-likeness (QED) is 0.701. The predicted octanol–water partition coefficient (Wildman–Crippen LogP) is 0.255. The molecular weight excluding hydrogens is 240 g/mol. The topological polar surface area (TPSA) is 103 Å². The molecule has 0 aliphatic carbocycles. The molecule has 0 unspecified atom stereocenters. The molecule has 0 fully saturated rings. The van der Waals surface area contributed by atoms with Crippen LogP contribution in [0.25, 0.3) is 0 Å². The van der Waals surface area contributed by atoms with E-state index in [9.17, 15) is 14.7 Å². The Bertz CT molecular complexity index is 402. The number of furan rings is 1. The number of urea groups is 1. The molecule has 0 spiro atoms. The average molecular weight is 256 g/mol. The van der Waals surface area contributed by atoms with E-state index in [1.807, 2.05) is 0 Å². The van der Waals surface area contributed by atoms with Gasteiger partial charge in [-0.2, -0.15) is 0 Å². The number of aliphatic hydroxyl groups is 1. The molecule has 0 saturated heterocycles. The first-order valence-electron chi connectivity index (χ1n) is 5.36. The SMILES string of the molecule is C[C@@H](O)[C@H](NC(=O)N(C)Cc1ccco1)C(=O)O. The highest BCUT2D eigenvalue weighted by Crippen LogP contribution is 2.04. The van der Waals surface area contributed by atoms with Crippen LogP contribution >= 0.6 is 0 Å². The highest BCUT2D eigenvalue weighted by molar-refractivity contribution is 5.82. The summed E-state index contributed by atoms with van der Waals surface area (Å²) in [5, 5.41) is 20.3. The minimum Gasteiger partial charge on any atom is -0.480 e. The van der Waals surface area contributed by atoms with Crippen molar-refractivity contribution in [1.82, 2.24) is 10.2 Å². The van der Waals surface area contributed by atoms with Crippen LogP contribution in [0.1, 0.15) is 12.7 Å². The van der Waals surface area contributed by atoms with Crippen LogP contribution in [-0.2, 0) is 11.3 Å². The molecule has 3 N–H and O–H groups in total. The van der Waals surface area contributed by atoms with Gasteiger partial charge in [0.25, 0.3) is 0 Å². The summed E-state index contributed by atoms with van der Waals surface area (Å²) in [5.74, 6) is -0.707. The number of carbonyl (C=O) groups excluding carboxylic acids is 1. The zero-order valence-corrected chi connectivity index (χ0v) is 10.2. The van der Waals surface area contributed by atoms with Crippen LogP contribution in [0.3, 0.4) is 0 Å². The molecular formula is C11H16N2O5. The Hall–Kier alpha value is -2.02. The van der Waals surface area contributed by atoms with Gasteiger partial charge in [-0.1, -0.05) is 0 Å². The van der Waals surface area contributed by atoms with Crippen LogP contribution in [-0.4, -0.2) is 46.3 Å². The molecule has 0 saturated carbocycles. The number of nitrogens with zero attached hydrogens (tertiary/aromatic N) is 1. The summed E-state index contributed by atoms with van der Waals surface area (Å²) in [6, 6.07) is 1.46. The van der Waals surface area contributed by atoms with Crippen molar-refractivity contribution in [2.75, 3.05) is 7.05 Å². The first-order valence-corrected chi connectivity index (χ1v) is 5.36. The van der Waals surface area contributed by atoms with E-state index in [4.69, 9.17) is 9.52 Å². The van der Waals surface area contributed by atoms with Gasteiger partial charge in [0.2, 0.25) is 0 Å². The maximum atomic E-state index is 11.7. The fourth-order valence-corrected chi connectivity index (χ4v) is 1.34. The zero-order valence-electron chi connectivity index (χ0n) is 10.2. The molecule has 0 bridgehead atoms. The molecule has 0 aliphatic heterocycles. The van der Waals surface area contributed by atoms with Crippen molar-refractivity contribution in [1.29, 1.82) is 0 Å². The zero-order chi connectivity index (χ0) is 13.7. The molecule has 1 aromatic heterocycles. The van der Waals surface area contributed by atoms with E-state index in [2.05, 4.69) is 5.32 Å². The van der Waals surface area contributed by atoms with Gasteiger partial charge in [0, 0.05) is 7.05 Å². The van der Waals surface area contributed by atoms with Crippen molar-refractivity contribution in [3.05, 3.63) is 24.2 Å². The van der Waals surface area contributed by atoms with Gasteiger partial charge in [-0.15, -0.1) is 0 Å². The second-order valence-corrected chi connectivity index (χ2v) is 3.94. The first kappa shape index (κ1) is 14.0. The second kappa shape index (κ2) is 6.06. The highest BCUT2D eigenvalue weighted by atomic mass is 16.4. The molecule has 0 aromatic carbocycles. The van der Waals surface area contributed by atoms with Gasteiger partial charge in [-0.25, -0.2) is 9.59 Å². The van der Waals surface area contributed by atoms with E-state index in [-0.39, 0.29) is 6.54 Å². The van der Waals surface area contributed by atoms with Crippen molar-refractivity contribution in [2.45, 2.75) is 25.6 Å². The number of carbonyl (C=O) groups is 2. The lowest BCUT2D eigenvalue weighted by Gasteiger charge is -2.22. The monoisotopic (exact) mass is 256 g/mol. The molecule has 1 rings (SSSR count). The molecule has 0 radical (unpaired) electrons. The van der Waals surface area contributed by atoms with E-state index in [0.29, 0.717) is 5.76 Å². The van der Waals surface area contributed by atoms with Gasteiger partial charge in [0.05, 0.1) is 18.9 Å². The summed E-state index contributed by atoms with van der Waals surface area (Å²) in [7, 11) is 1.50. The number of nitrogens with one attached hydrogen (secondary N) is 1. The lowest BCUT2D eigenvalue weighted by molar-refractivity contribution is -0.141. The fourth-order valence-electron chi connectivity index (χ4n) is 1.34. The number of aliphatic hydroxyl groups excluding tert-OH is 1. The molecule has 0 aliphatic rings. The fraction of sp³-hybridized carbons (Fsp3) is 0.455. The third-order valence-corrected chi connectivity index (χ3v) is 2.35. The summed E-state index contributed by atoms with van der Waals surface area (Å²) in [4.78, 5) is 23.8. The maximum Gasteiger partial charge on any atom is 0.328 e. The first-order chi connectivity index (χ1) is 8.41. The third-order valence-electron chi connectivity index (χ3n) is 2.35. The van der Waals surface area contributed by atoms with Crippen molar-refractivity contribution < 1.29 is 24.2 Å². The minimum atomic E-state index is -1.34. The normalized spacial score (nSPS) is 13.7. The van der Waals surface area contributed by atoms with Crippen molar-refractivity contribution in [2.24, 2.45) is 0 Å². The van der Waals surface area contributed by atoms with E-state index >= 15 is 0 Å². The number of hydrogen-bond donors (Lipinski definition) is 3. The molecule has 2 atom stereocenters. The molecule has 100 valence electrons. The largest absolute Gasteiger partial charge is 0.480 e. The molecule has 1 heterocycles. The lowest BCUT2D eigenvalue weighted by atomic mass is 10.2. The summed E-state index contributed by atoms with van der Waals surface area (Å²) in [5.41, 5.74) is 0. The highest BCUT2D eigenvalue weighted by Gasteiger charge is 2.26. The molecule has 7 heteroatoms. The number of aliphatic carboxylic acids is 1. The Balaban J connectivity index is 2.56. The van der Waals surface area contributed by atoms with Gasteiger partial charge < -0.3 is 24.8 Å². The number of amides is 2. The van der Waals surface area contributed by atoms with Crippen molar-refractivity contribution in [3.63, 3.8) is 0 Å². The van der Waals surface area contributed by atoms with Crippen LogP contribution in [0.5, 0.6) is 0 Å². The third kappa shape index (κ3) is 3.77. The van der Waals surface area contributed by atoms with E-state index in [1.165, 1.54) is 25.1 Å². The Labute approximate surface area is 104 Å². The van der Waals surface area contributed by atoms with Crippen LogP contribution in [0.4, 0.5) is 4.79 Å². The number of hydrogen-bond acceptors (Lipinski definition) is 4. The van der Waals surface area contributed by atoms with E-state index in [0.717, 1.165) is 0 Å². The van der Waals surface area contributed by atoms with Crippen molar-refractivity contribution >= 4 is 12.0 Å².